The van der Waals surface area contributed by atoms with Gasteiger partial charge in [0.1, 0.15) is 0 Å². The van der Waals surface area contributed by atoms with Crippen LogP contribution in [0.1, 0.15) is 28.8 Å². The number of anilines is 1. The van der Waals surface area contributed by atoms with E-state index < -0.39 is 23.2 Å². The van der Waals surface area contributed by atoms with Crippen LogP contribution in [0, 0.1) is 0 Å². The van der Waals surface area contributed by atoms with E-state index in [1.54, 1.807) is 26.2 Å². The Morgan fingerprint density at radius 2 is 1.68 bits per heavy atom. The molecule has 2 amide bonds. The maximum Gasteiger partial charge on any atom is 0.430 e. The number of halogens is 4. The minimum atomic E-state index is -5.14. The average molecular weight is 539 g/mol. The van der Waals surface area contributed by atoms with Gasteiger partial charge in [0.2, 0.25) is 0 Å². The van der Waals surface area contributed by atoms with Gasteiger partial charge in [-0.05, 0) is 31.0 Å². The maximum absolute atomic E-state index is 13.9. The topological polar surface area (TPSA) is 76.1 Å². The standard InChI is InChI=1S/C26H30ClF3N4O3/c1-32(2)23(35)21-9-8-18(14-22(21)27)31-19-15-34(16-19)20-10-12-33(13-11-20)24(36)25(37,26(28,29)30)17-6-4-3-5-7-17/h3-9,14,19-20,31,37H,10-13,15-16H2,1-2H3/t25-/m1/s1. The predicted octanol–water partition coefficient (Wildman–Crippen LogP) is 3.58. The lowest BCUT2D eigenvalue weighted by Crippen LogP contribution is -2.62. The summed E-state index contributed by atoms with van der Waals surface area (Å²) in [5, 5.41) is 14.3. The van der Waals surface area contributed by atoms with Crippen molar-refractivity contribution in [1.29, 1.82) is 0 Å². The van der Waals surface area contributed by atoms with Crippen LogP contribution in [0.5, 0.6) is 0 Å². The number of hydrogen-bond donors (Lipinski definition) is 2. The molecule has 4 rings (SSSR count). The molecule has 2 aliphatic rings. The van der Waals surface area contributed by atoms with Crippen molar-refractivity contribution in [1.82, 2.24) is 14.7 Å². The van der Waals surface area contributed by atoms with Gasteiger partial charge in [0, 0.05) is 57.6 Å². The molecule has 11 heteroatoms. The Morgan fingerprint density at radius 3 is 2.22 bits per heavy atom. The number of amides is 2. The maximum atomic E-state index is 13.9. The molecule has 2 aromatic carbocycles. The van der Waals surface area contributed by atoms with E-state index in [0.29, 0.717) is 23.4 Å². The van der Waals surface area contributed by atoms with Crippen LogP contribution >= 0.6 is 11.6 Å². The first-order chi connectivity index (χ1) is 17.4. The fourth-order valence-electron chi connectivity index (χ4n) is 4.91. The van der Waals surface area contributed by atoms with Gasteiger partial charge in [-0.15, -0.1) is 0 Å². The SMILES string of the molecule is CN(C)C(=O)c1ccc(NC2CN(C3CCN(C(=O)[C@](O)(c4ccccc4)C(F)(F)F)CC3)C2)cc1Cl. The molecule has 37 heavy (non-hydrogen) atoms. The van der Waals surface area contributed by atoms with E-state index in [1.165, 1.54) is 23.1 Å². The van der Waals surface area contributed by atoms with E-state index in [4.69, 9.17) is 11.6 Å². The number of rotatable bonds is 6. The highest BCUT2D eigenvalue weighted by Crippen LogP contribution is 2.41. The fraction of sp³-hybridized carbons (Fsp3) is 0.462. The molecule has 7 nitrogen and oxygen atoms in total. The summed E-state index contributed by atoms with van der Waals surface area (Å²) in [5.41, 5.74) is -2.82. The van der Waals surface area contributed by atoms with Gasteiger partial charge < -0.3 is 20.2 Å². The molecule has 0 radical (unpaired) electrons. The van der Waals surface area contributed by atoms with Crippen molar-refractivity contribution in [2.75, 3.05) is 45.6 Å². The lowest BCUT2D eigenvalue weighted by Gasteiger charge is -2.48. The van der Waals surface area contributed by atoms with Gasteiger partial charge in [-0.2, -0.15) is 13.2 Å². The van der Waals surface area contributed by atoms with Gasteiger partial charge in [0.15, 0.2) is 0 Å². The van der Waals surface area contributed by atoms with Gasteiger partial charge in [0.05, 0.1) is 16.6 Å². The fourth-order valence-corrected chi connectivity index (χ4v) is 5.17. The number of nitrogens with one attached hydrogen (secondary N) is 1. The zero-order valence-electron chi connectivity index (χ0n) is 20.6. The predicted molar refractivity (Wildman–Crippen MR) is 134 cm³/mol. The highest BCUT2D eigenvalue weighted by atomic mass is 35.5. The Labute approximate surface area is 218 Å². The molecule has 2 aliphatic heterocycles. The van der Waals surface area contributed by atoms with Crippen LogP contribution in [-0.4, -0.2) is 90.2 Å². The summed E-state index contributed by atoms with van der Waals surface area (Å²) in [6.45, 7) is 1.76. The normalized spacial score (nSPS) is 19.2. The third-order valence-corrected chi connectivity index (χ3v) is 7.38. The average Bonchev–Trinajstić information content (AvgIpc) is 2.84. The first kappa shape index (κ1) is 27.2. The third-order valence-electron chi connectivity index (χ3n) is 7.07. The minimum absolute atomic E-state index is 0.139. The molecule has 2 saturated heterocycles. The van der Waals surface area contributed by atoms with Crippen LogP contribution in [0.15, 0.2) is 48.5 Å². The van der Waals surface area contributed by atoms with Crippen LogP contribution in [-0.2, 0) is 10.4 Å². The number of benzene rings is 2. The molecule has 0 spiro atoms. The van der Waals surface area contributed by atoms with Crippen LogP contribution in [0.2, 0.25) is 5.02 Å². The molecule has 200 valence electrons. The Bertz CT molecular complexity index is 1130. The number of hydrogen-bond acceptors (Lipinski definition) is 5. The molecule has 0 bridgehead atoms. The second-order valence-electron chi connectivity index (χ2n) is 9.79. The molecular formula is C26H30ClF3N4O3. The molecule has 2 heterocycles. The van der Waals surface area contributed by atoms with Crippen LogP contribution in [0.3, 0.4) is 0 Å². The number of carbonyl (C=O) groups is 2. The molecule has 2 aromatic rings. The van der Waals surface area contributed by atoms with E-state index in [9.17, 15) is 27.9 Å². The molecule has 0 aliphatic carbocycles. The molecular weight excluding hydrogens is 509 g/mol. The third kappa shape index (κ3) is 5.42. The summed E-state index contributed by atoms with van der Waals surface area (Å²) in [7, 11) is 3.32. The molecule has 0 saturated carbocycles. The van der Waals surface area contributed by atoms with Crippen molar-refractivity contribution >= 4 is 29.1 Å². The van der Waals surface area contributed by atoms with Crippen LogP contribution in [0.4, 0.5) is 18.9 Å². The lowest BCUT2D eigenvalue weighted by atomic mass is 9.89. The summed E-state index contributed by atoms with van der Waals surface area (Å²) < 4.78 is 41.6. The number of likely N-dealkylation sites (tertiary alicyclic amines) is 2. The van der Waals surface area contributed by atoms with Gasteiger partial charge in [-0.3, -0.25) is 14.5 Å². The minimum Gasteiger partial charge on any atom is -0.380 e. The molecule has 0 aromatic heterocycles. The monoisotopic (exact) mass is 538 g/mol. The quantitative estimate of drug-likeness (QED) is 0.588. The highest BCUT2D eigenvalue weighted by Gasteiger charge is 2.62. The largest absolute Gasteiger partial charge is 0.430 e. The molecule has 0 unspecified atom stereocenters. The Hall–Kier alpha value is -2.82. The summed E-state index contributed by atoms with van der Waals surface area (Å²) >= 11 is 6.28. The van der Waals surface area contributed by atoms with Crippen molar-refractivity contribution in [2.24, 2.45) is 0 Å². The van der Waals surface area contributed by atoms with Gasteiger partial charge in [-0.1, -0.05) is 41.9 Å². The summed E-state index contributed by atoms with van der Waals surface area (Å²) in [4.78, 5) is 29.9. The van der Waals surface area contributed by atoms with Crippen LogP contribution < -0.4 is 5.32 Å². The van der Waals surface area contributed by atoms with Gasteiger partial charge >= 0.3 is 6.18 Å². The van der Waals surface area contributed by atoms with Gasteiger partial charge in [-0.25, -0.2) is 0 Å². The zero-order chi connectivity index (χ0) is 27.0. The highest BCUT2D eigenvalue weighted by molar-refractivity contribution is 6.34. The zero-order valence-corrected chi connectivity index (χ0v) is 21.4. The molecule has 2 fully saturated rings. The van der Waals surface area contributed by atoms with Crippen molar-refractivity contribution in [3.05, 3.63) is 64.7 Å². The van der Waals surface area contributed by atoms with Gasteiger partial charge in [0.25, 0.3) is 17.4 Å². The number of carbonyl (C=O) groups excluding carboxylic acids is 2. The first-order valence-electron chi connectivity index (χ1n) is 12.1. The number of nitrogens with zero attached hydrogens (tertiary/aromatic N) is 3. The lowest BCUT2D eigenvalue weighted by molar-refractivity contribution is -0.262. The van der Waals surface area contributed by atoms with E-state index in [2.05, 4.69) is 10.2 Å². The summed E-state index contributed by atoms with van der Waals surface area (Å²) in [6.07, 6.45) is -4.10. The first-order valence-corrected chi connectivity index (χ1v) is 12.5. The number of aliphatic hydroxyl groups is 1. The Kier molecular flexibility index (Phi) is 7.73. The number of alkyl halides is 3. The van der Waals surface area contributed by atoms with Crippen LogP contribution in [0.25, 0.3) is 0 Å². The molecule has 2 N–H and O–H groups in total. The summed E-state index contributed by atoms with van der Waals surface area (Å²) in [5.74, 6) is -1.51. The second kappa shape index (κ2) is 10.5. The van der Waals surface area contributed by atoms with Crippen molar-refractivity contribution in [3.8, 4) is 0 Å². The smallest absolute Gasteiger partial charge is 0.380 e. The van der Waals surface area contributed by atoms with E-state index in [1.807, 2.05) is 6.07 Å². The molecule has 1 atom stereocenters. The van der Waals surface area contributed by atoms with E-state index in [-0.39, 0.29) is 31.1 Å². The van der Waals surface area contributed by atoms with E-state index >= 15 is 0 Å². The Balaban J connectivity index is 1.30. The second-order valence-corrected chi connectivity index (χ2v) is 10.2. The number of piperidine rings is 1. The van der Waals surface area contributed by atoms with E-state index in [0.717, 1.165) is 35.8 Å². The Morgan fingerprint density at radius 1 is 1.05 bits per heavy atom. The van der Waals surface area contributed by atoms with Crippen molar-refractivity contribution in [3.63, 3.8) is 0 Å². The van der Waals surface area contributed by atoms with Crippen molar-refractivity contribution in [2.45, 2.75) is 36.7 Å². The van der Waals surface area contributed by atoms with Crippen molar-refractivity contribution < 1.29 is 27.9 Å². The summed E-state index contributed by atoms with van der Waals surface area (Å²) in [6, 6.07) is 12.0.